The van der Waals surface area contributed by atoms with E-state index in [2.05, 4.69) is 29.5 Å². The molecule has 0 spiro atoms. The van der Waals surface area contributed by atoms with Gasteiger partial charge in [0, 0.05) is 11.1 Å². The van der Waals surface area contributed by atoms with Crippen molar-refractivity contribution in [3.05, 3.63) is 70.7 Å². The number of carbonyl (C=O) groups is 1. The summed E-state index contributed by atoms with van der Waals surface area (Å²) in [6, 6.07) is 17.4. The molecule has 0 atom stereocenters. The number of hydrogen-bond donors (Lipinski definition) is 1. The van der Waals surface area contributed by atoms with Crippen molar-refractivity contribution in [1.82, 2.24) is 9.78 Å². The van der Waals surface area contributed by atoms with Crippen molar-refractivity contribution in [2.75, 3.05) is 12.4 Å². The molecule has 0 aliphatic carbocycles. The van der Waals surface area contributed by atoms with Gasteiger partial charge in [-0.25, -0.2) is 4.68 Å². The highest BCUT2D eigenvalue weighted by Gasteiger charge is 2.17. The normalized spacial score (nSPS) is 10.9. The lowest BCUT2D eigenvalue weighted by Crippen LogP contribution is -2.10. The fraction of sp³-hybridized carbons (Fsp3) is 0.143. The number of fused-ring (bicyclic) bond motifs is 1. The van der Waals surface area contributed by atoms with E-state index in [4.69, 9.17) is 4.74 Å². The largest absolute Gasteiger partial charge is 0.497 e. The van der Waals surface area contributed by atoms with E-state index in [-0.39, 0.29) is 5.91 Å². The van der Waals surface area contributed by atoms with E-state index >= 15 is 0 Å². The standard InChI is InChI=1S/C21H19N3O2S/c1-13-4-8-16(9-5-13)24-21-18(14(2)23-24)12-19(27-21)20(25)22-15-6-10-17(26-3)11-7-15/h4-12H,1-3H3,(H,22,25). The lowest BCUT2D eigenvalue weighted by Gasteiger charge is -2.05. The first-order chi connectivity index (χ1) is 13.0. The number of rotatable bonds is 4. The second kappa shape index (κ2) is 6.89. The Balaban J connectivity index is 1.65. The number of methoxy groups -OCH3 is 1. The van der Waals surface area contributed by atoms with Crippen LogP contribution in [-0.4, -0.2) is 22.8 Å². The predicted molar refractivity (Wildman–Crippen MR) is 109 cm³/mol. The zero-order chi connectivity index (χ0) is 19.0. The minimum absolute atomic E-state index is 0.128. The van der Waals surface area contributed by atoms with Crippen molar-refractivity contribution in [2.24, 2.45) is 0 Å². The summed E-state index contributed by atoms with van der Waals surface area (Å²) in [7, 11) is 1.62. The van der Waals surface area contributed by atoms with Crippen molar-refractivity contribution < 1.29 is 9.53 Å². The Labute approximate surface area is 161 Å². The number of carbonyl (C=O) groups excluding carboxylic acids is 1. The van der Waals surface area contributed by atoms with Crippen molar-refractivity contribution in [3.63, 3.8) is 0 Å². The van der Waals surface area contributed by atoms with Gasteiger partial charge in [-0.15, -0.1) is 11.3 Å². The molecule has 1 amide bonds. The van der Waals surface area contributed by atoms with Crippen molar-refractivity contribution >= 4 is 33.1 Å². The fourth-order valence-electron chi connectivity index (χ4n) is 2.89. The van der Waals surface area contributed by atoms with Crippen LogP contribution in [0.2, 0.25) is 0 Å². The van der Waals surface area contributed by atoms with Crippen LogP contribution < -0.4 is 10.1 Å². The fourth-order valence-corrected chi connectivity index (χ4v) is 3.97. The van der Waals surface area contributed by atoms with Crippen molar-refractivity contribution in [1.29, 1.82) is 0 Å². The second-order valence-electron chi connectivity index (χ2n) is 6.34. The first-order valence-electron chi connectivity index (χ1n) is 8.57. The van der Waals surface area contributed by atoms with Gasteiger partial charge < -0.3 is 10.1 Å². The number of benzene rings is 2. The van der Waals surface area contributed by atoms with Gasteiger partial charge >= 0.3 is 0 Å². The summed E-state index contributed by atoms with van der Waals surface area (Å²) in [5, 5.41) is 8.57. The average molecular weight is 377 g/mol. The molecule has 2 aromatic carbocycles. The number of aryl methyl sites for hydroxylation is 2. The molecule has 0 radical (unpaired) electrons. The second-order valence-corrected chi connectivity index (χ2v) is 7.38. The van der Waals surface area contributed by atoms with Gasteiger partial charge in [0.2, 0.25) is 0 Å². The van der Waals surface area contributed by atoms with Gasteiger partial charge in [-0.1, -0.05) is 17.7 Å². The van der Waals surface area contributed by atoms with E-state index in [0.29, 0.717) is 4.88 Å². The maximum Gasteiger partial charge on any atom is 0.265 e. The Morgan fingerprint density at radius 2 is 1.78 bits per heavy atom. The van der Waals surface area contributed by atoms with Crippen LogP contribution in [0.5, 0.6) is 5.75 Å². The molecule has 0 aliphatic heterocycles. The number of thiophene rings is 1. The zero-order valence-electron chi connectivity index (χ0n) is 15.3. The van der Waals surface area contributed by atoms with Gasteiger partial charge in [0.05, 0.1) is 23.4 Å². The third-order valence-electron chi connectivity index (χ3n) is 4.39. The molecule has 0 saturated heterocycles. The first-order valence-corrected chi connectivity index (χ1v) is 9.38. The molecule has 0 fully saturated rings. The van der Waals surface area contributed by atoms with Crippen molar-refractivity contribution in [3.8, 4) is 11.4 Å². The Morgan fingerprint density at radius 3 is 2.44 bits per heavy atom. The maximum atomic E-state index is 12.7. The lowest BCUT2D eigenvalue weighted by molar-refractivity contribution is 0.103. The molecule has 0 unspecified atom stereocenters. The minimum Gasteiger partial charge on any atom is -0.497 e. The zero-order valence-corrected chi connectivity index (χ0v) is 16.1. The molecule has 0 aliphatic rings. The lowest BCUT2D eigenvalue weighted by atomic mass is 10.2. The molecule has 0 saturated carbocycles. The minimum atomic E-state index is -0.128. The molecular weight excluding hydrogens is 358 g/mol. The van der Waals surface area contributed by atoms with E-state index in [9.17, 15) is 4.79 Å². The van der Waals surface area contributed by atoms with Crippen LogP contribution in [0.15, 0.2) is 54.6 Å². The summed E-state index contributed by atoms with van der Waals surface area (Å²) < 4.78 is 7.05. The molecule has 136 valence electrons. The molecule has 2 aromatic heterocycles. The Bertz CT molecular complexity index is 1110. The molecule has 4 aromatic rings. The number of aromatic nitrogens is 2. The van der Waals surface area contributed by atoms with Crippen LogP contribution in [0.25, 0.3) is 15.9 Å². The third-order valence-corrected chi connectivity index (χ3v) is 5.50. The van der Waals surface area contributed by atoms with Crippen LogP contribution in [0, 0.1) is 13.8 Å². The third kappa shape index (κ3) is 3.31. The van der Waals surface area contributed by atoms with Gasteiger partial charge in [0.15, 0.2) is 0 Å². The highest BCUT2D eigenvalue weighted by molar-refractivity contribution is 7.20. The quantitative estimate of drug-likeness (QED) is 0.547. The molecule has 2 heterocycles. The Kier molecular flexibility index (Phi) is 4.41. The number of anilines is 1. The van der Waals surface area contributed by atoms with Gasteiger partial charge in [-0.2, -0.15) is 5.10 Å². The van der Waals surface area contributed by atoms with Gasteiger partial charge in [-0.3, -0.25) is 4.79 Å². The Hall–Kier alpha value is -3.12. The summed E-state index contributed by atoms with van der Waals surface area (Å²) in [6.45, 7) is 4.02. The number of nitrogens with one attached hydrogen (secondary N) is 1. The molecule has 0 bridgehead atoms. The monoisotopic (exact) mass is 377 g/mol. The summed E-state index contributed by atoms with van der Waals surface area (Å²) in [5.41, 5.74) is 3.83. The highest BCUT2D eigenvalue weighted by Crippen LogP contribution is 2.31. The predicted octanol–water partition coefficient (Wildman–Crippen LogP) is 4.96. The smallest absolute Gasteiger partial charge is 0.265 e. The average Bonchev–Trinajstić information content (AvgIpc) is 3.24. The van der Waals surface area contributed by atoms with Gasteiger partial charge in [0.25, 0.3) is 5.91 Å². The van der Waals surface area contributed by atoms with E-state index in [0.717, 1.165) is 33.0 Å². The van der Waals surface area contributed by atoms with E-state index < -0.39 is 0 Å². The first kappa shape index (κ1) is 17.3. The summed E-state index contributed by atoms with van der Waals surface area (Å²) in [4.78, 5) is 14.3. The number of amides is 1. The number of nitrogens with zero attached hydrogens (tertiary/aromatic N) is 2. The maximum absolute atomic E-state index is 12.7. The van der Waals surface area contributed by atoms with Crippen molar-refractivity contribution in [2.45, 2.75) is 13.8 Å². The van der Waals surface area contributed by atoms with E-state index in [1.807, 2.05) is 54.1 Å². The van der Waals surface area contributed by atoms with Gasteiger partial charge in [0.1, 0.15) is 10.6 Å². The molecule has 4 rings (SSSR count). The summed E-state index contributed by atoms with van der Waals surface area (Å²) in [6.07, 6.45) is 0. The van der Waals surface area contributed by atoms with Crippen LogP contribution >= 0.6 is 11.3 Å². The molecule has 27 heavy (non-hydrogen) atoms. The summed E-state index contributed by atoms with van der Waals surface area (Å²) >= 11 is 1.44. The SMILES string of the molecule is COc1ccc(NC(=O)c2cc3c(C)nn(-c4ccc(C)cc4)c3s2)cc1. The topological polar surface area (TPSA) is 56.1 Å². The van der Waals surface area contributed by atoms with E-state index in [1.165, 1.54) is 16.9 Å². The number of hydrogen-bond acceptors (Lipinski definition) is 4. The van der Waals surface area contributed by atoms with E-state index in [1.54, 1.807) is 7.11 Å². The van der Waals surface area contributed by atoms with Crippen LogP contribution in [0.1, 0.15) is 20.9 Å². The molecular formula is C21H19N3O2S. The van der Waals surface area contributed by atoms with Crippen LogP contribution in [0.4, 0.5) is 5.69 Å². The molecule has 6 heteroatoms. The van der Waals surface area contributed by atoms with Crippen LogP contribution in [0.3, 0.4) is 0 Å². The molecule has 1 N–H and O–H groups in total. The molecule has 5 nitrogen and oxygen atoms in total. The van der Waals surface area contributed by atoms with Crippen LogP contribution in [-0.2, 0) is 0 Å². The number of ether oxygens (including phenoxy) is 1. The Morgan fingerprint density at radius 1 is 1.07 bits per heavy atom. The van der Waals surface area contributed by atoms with Gasteiger partial charge in [-0.05, 0) is 56.3 Å². The summed E-state index contributed by atoms with van der Waals surface area (Å²) in [5.74, 6) is 0.625. The highest BCUT2D eigenvalue weighted by atomic mass is 32.1.